The lowest BCUT2D eigenvalue weighted by atomic mass is 9.97. The van der Waals surface area contributed by atoms with Crippen LogP contribution in [0.2, 0.25) is 0 Å². The van der Waals surface area contributed by atoms with Gasteiger partial charge >= 0.3 is 12.1 Å². The Bertz CT molecular complexity index is 841. The molecule has 0 atom stereocenters. The van der Waals surface area contributed by atoms with Crippen molar-refractivity contribution < 1.29 is 27.9 Å². The van der Waals surface area contributed by atoms with Gasteiger partial charge in [0.15, 0.2) is 5.69 Å². The van der Waals surface area contributed by atoms with Crippen LogP contribution >= 0.6 is 11.3 Å². The van der Waals surface area contributed by atoms with Crippen molar-refractivity contribution in [3.63, 3.8) is 0 Å². The molecule has 1 aromatic carbocycles. The number of carbonyl (C=O) groups is 2. The Morgan fingerprint density at radius 1 is 1.18 bits per heavy atom. The normalized spacial score (nSPS) is 15.6. The number of carboxylic acids is 1. The van der Waals surface area contributed by atoms with E-state index in [2.05, 4.69) is 4.98 Å². The molecule has 1 saturated heterocycles. The summed E-state index contributed by atoms with van der Waals surface area (Å²) in [7, 11) is 0. The van der Waals surface area contributed by atoms with E-state index in [0.29, 0.717) is 25.1 Å². The quantitative estimate of drug-likeness (QED) is 0.799. The van der Waals surface area contributed by atoms with E-state index in [1.165, 1.54) is 28.8 Å². The topological polar surface area (TPSA) is 70.5 Å². The van der Waals surface area contributed by atoms with Crippen LogP contribution in [-0.4, -0.2) is 40.0 Å². The van der Waals surface area contributed by atoms with Crippen molar-refractivity contribution in [1.29, 1.82) is 0 Å². The number of thiazole rings is 1. The third kappa shape index (κ3) is 4.89. The fourth-order valence-corrected chi connectivity index (χ4v) is 4.18. The Labute approximate surface area is 163 Å². The lowest BCUT2D eigenvalue weighted by Gasteiger charge is -2.31. The lowest BCUT2D eigenvalue weighted by molar-refractivity contribution is -0.137. The molecule has 5 nitrogen and oxygen atoms in total. The minimum Gasteiger partial charge on any atom is -0.476 e. The first-order chi connectivity index (χ1) is 13.2. The fraction of sp³-hybridized carbons (Fsp3) is 0.421. The van der Waals surface area contributed by atoms with E-state index in [0.717, 1.165) is 30.0 Å². The summed E-state index contributed by atoms with van der Waals surface area (Å²) >= 11 is 1.33. The second-order valence-electron chi connectivity index (χ2n) is 6.73. The molecule has 1 aliphatic rings. The SMILES string of the molecule is O=C(O)c1csc(C2CCN(C(=O)CCc3ccc(C(F)(F)F)cc3)CC2)n1. The molecule has 0 aliphatic carbocycles. The Balaban J connectivity index is 1.48. The molecule has 1 amide bonds. The van der Waals surface area contributed by atoms with E-state index in [1.807, 2.05) is 0 Å². The Kier molecular flexibility index (Phi) is 6.02. The second kappa shape index (κ2) is 8.30. The molecule has 1 fully saturated rings. The molecule has 0 bridgehead atoms. The predicted molar refractivity (Wildman–Crippen MR) is 97.4 cm³/mol. The number of alkyl halides is 3. The summed E-state index contributed by atoms with van der Waals surface area (Å²) in [5, 5.41) is 11.3. The summed E-state index contributed by atoms with van der Waals surface area (Å²) in [6.07, 6.45) is -2.28. The smallest absolute Gasteiger partial charge is 0.416 e. The van der Waals surface area contributed by atoms with Crippen molar-refractivity contribution in [2.45, 2.75) is 37.8 Å². The molecule has 0 spiro atoms. The van der Waals surface area contributed by atoms with Crippen LogP contribution < -0.4 is 0 Å². The van der Waals surface area contributed by atoms with Crippen LogP contribution in [0.1, 0.15) is 51.8 Å². The van der Waals surface area contributed by atoms with Gasteiger partial charge in [-0.2, -0.15) is 13.2 Å². The number of nitrogens with zero attached hydrogens (tertiary/aromatic N) is 2. The summed E-state index contributed by atoms with van der Waals surface area (Å²) in [6, 6.07) is 4.88. The van der Waals surface area contributed by atoms with Crippen molar-refractivity contribution in [2.24, 2.45) is 0 Å². The first kappa shape index (κ1) is 20.3. The third-order valence-electron chi connectivity index (χ3n) is 4.85. The van der Waals surface area contributed by atoms with E-state index in [1.54, 1.807) is 4.90 Å². The zero-order valence-electron chi connectivity index (χ0n) is 14.9. The number of benzene rings is 1. The largest absolute Gasteiger partial charge is 0.476 e. The highest BCUT2D eigenvalue weighted by Gasteiger charge is 2.30. The first-order valence-electron chi connectivity index (χ1n) is 8.86. The maximum Gasteiger partial charge on any atom is 0.416 e. The van der Waals surface area contributed by atoms with Crippen LogP contribution in [0.3, 0.4) is 0 Å². The van der Waals surface area contributed by atoms with E-state index >= 15 is 0 Å². The summed E-state index contributed by atoms with van der Waals surface area (Å²) in [6.45, 7) is 1.14. The van der Waals surface area contributed by atoms with Crippen LogP contribution in [0.15, 0.2) is 29.6 Å². The molecular formula is C19H19F3N2O3S. The van der Waals surface area contributed by atoms with Gasteiger partial charge in [0, 0.05) is 30.8 Å². The van der Waals surface area contributed by atoms with Crippen molar-refractivity contribution in [3.05, 3.63) is 51.5 Å². The van der Waals surface area contributed by atoms with Gasteiger partial charge in [-0.05, 0) is 37.0 Å². The molecule has 0 radical (unpaired) electrons. The molecule has 9 heteroatoms. The molecule has 150 valence electrons. The first-order valence-corrected chi connectivity index (χ1v) is 9.74. The van der Waals surface area contributed by atoms with Crippen LogP contribution in [0, 0.1) is 0 Å². The van der Waals surface area contributed by atoms with Crippen molar-refractivity contribution in [1.82, 2.24) is 9.88 Å². The fourth-order valence-electron chi connectivity index (χ4n) is 3.22. The van der Waals surface area contributed by atoms with Crippen molar-refractivity contribution in [3.8, 4) is 0 Å². The number of piperidine rings is 1. The number of aryl methyl sites for hydroxylation is 1. The summed E-state index contributed by atoms with van der Waals surface area (Å²) in [4.78, 5) is 29.2. The van der Waals surface area contributed by atoms with Crippen LogP contribution in [0.5, 0.6) is 0 Å². The van der Waals surface area contributed by atoms with E-state index < -0.39 is 17.7 Å². The number of amides is 1. The second-order valence-corrected chi connectivity index (χ2v) is 7.62. The van der Waals surface area contributed by atoms with Gasteiger partial charge in [0.1, 0.15) is 0 Å². The highest BCUT2D eigenvalue weighted by molar-refractivity contribution is 7.09. The van der Waals surface area contributed by atoms with Gasteiger partial charge in [-0.3, -0.25) is 4.79 Å². The summed E-state index contributed by atoms with van der Waals surface area (Å²) in [5.74, 6) is -0.917. The maximum absolute atomic E-state index is 12.6. The van der Waals surface area contributed by atoms with Gasteiger partial charge < -0.3 is 10.0 Å². The number of hydrogen-bond acceptors (Lipinski definition) is 4. The zero-order valence-corrected chi connectivity index (χ0v) is 15.7. The standard InChI is InChI=1S/C19H19F3N2O3S/c20-19(21,22)14-4-1-12(2-5-14)3-6-16(25)24-9-7-13(8-10-24)17-23-15(11-28-17)18(26)27/h1-2,4-5,11,13H,3,6-10H2,(H,26,27). The van der Waals surface area contributed by atoms with Crippen LogP contribution in [-0.2, 0) is 17.4 Å². The van der Waals surface area contributed by atoms with Gasteiger partial charge in [0.05, 0.1) is 10.6 Å². The molecule has 3 rings (SSSR count). The van der Waals surface area contributed by atoms with E-state index in [-0.39, 0.29) is 23.9 Å². The Morgan fingerprint density at radius 3 is 2.36 bits per heavy atom. The Hall–Kier alpha value is -2.42. The van der Waals surface area contributed by atoms with Gasteiger partial charge in [0.25, 0.3) is 0 Å². The molecule has 1 aliphatic heterocycles. The average Bonchev–Trinajstić information content (AvgIpc) is 3.16. The summed E-state index contributed by atoms with van der Waals surface area (Å²) in [5.41, 5.74) is 0.0492. The zero-order chi connectivity index (χ0) is 20.3. The molecule has 1 aromatic heterocycles. The van der Waals surface area contributed by atoms with Gasteiger partial charge in [-0.25, -0.2) is 9.78 Å². The predicted octanol–water partition coefficient (Wildman–Crippen LogP) is 4.20. The minimum atomic E-state index is -4.36. The number of likely N-dealkylation sites (tertiary alicyclic amines) is 1. The molecular weight excluding hydrogens is 393 g/mol. The molecule has 1 N–H and O–H groups in total. The molecule has 0 unspecified atom stereocenters. The molecule has 2 heterocycles. The number of halogens is 3. The average molecular weight is 412 g/mol. The minimum absolute atomic E-state index is 0.0243. The van der Waals surface area contributed by atoms with Crippen molar-refractivity contribution >= 4 is 23.2 Å². The number of carbonyl (C=O) groups excluding carboxylic acids is 1. The van der Waals surface area contributed by atoms with Gasteiger partial charge in [-0.15, -0.1) is 11.3 Å². The number of carboxylic acid groups (broad SMARTS) is 1. The molecule has 28 heavy (non-hydrogen) atoms. The van der Waals surface area contributed by atoms with Crippen LogP contribution in [0.4, 0.5) is 13.2 Å². The number of hydrogen-bond donors (Lipinski definition) is 1. The van der Waals surface area contributed by atoms with Crippen molar-refractivity contribution in [2.75, 3.05) is 13.1 Å². The third-order valence-corrected chi connectivity index (χ3v) is 5.85. The highest BCUT2D eigenvalue weighted by Crippen LogP contribution is 2.31. The Morgan fingerprint density at radius 2 is 1.82 bits per heavy atom. The monoisotopic (exact) mass is 412 g/mol. The van der Waals surface area contributed by atoms with Gasteiger partial charge in [0.2, 0.25) is 5.91 Å². The number of aromatic carboxylic acids is 1. The van der Waals surface area contributed by atoms with Crippen LogP contribution in [0.25, 0.3) is 0 Å². The maximum atomic E-state index is 12.6. The molecule has 2 aromatic rings. The van der Waals surface area contributed by atoms with Gasteiger partial charge in [-0.1, -0.05) is 12.1 Å². The summed E-state index contributed by atoms with van der Waals surface area (Å²) < 4.78 is 37.7. The van der Waals surface area contributed by atoms with E-state index in [4.69, 9.17) is 5.11 Å². The number of rotatable bonds is 5. The lowest BCUT2D eigenvalue weighted by Crippen LogP contribution is -2.38. The highest BCUT2D eigenvalue weighted by atomic mass is 32.1. The number of aromatic nitrogens is 1. The van der Waals surface area contributed by atoms with E-state index in [9.17, 15) is 22.8 Å². The molecule has 0 saturated carbocycles.